The second-order valence-electron chi connectivity index (χ2n) is 7.96. The summed E-state index contributed by atoms with van der Waals surface area (Å²) in [6.07, 6.45) is 2.26. The molecule has 1 saturated heterocycles. The van der Waals surface area contributed by atoms with Crippen molar-refractivity contribution >= 4 is 22.6 Å². The monoisotopic (exact) mass is 381 g/mol. The zero-order valence-electron chi connectivity index (χ0n) is 17.1. The van der Waals surface area contributed by atoms with Gasteiger partial charge in [0.05, 0.1) is 13.0 Å². The molecule has 0 aliphatic carbocycles. The summed E-state index contributed by atoms with van der Waals surface area (Å²) in [5, 5.41) is 5.01. The van der Waals surface area contributed by atoms with Gasteiger partial charge in [-0.2, -0.15) is 0 Å². The zero-order valence-corrected chi connectivity index (χ0v) is 17.1. The van der Waals surface area contributed by atoms with Gasteiger partial charge in [0.2, 0.25) is 11.8 Å². The predicted octanol–water partition coefficient (Wildman–Crippen LogP) is 2.83. The summed E-state index contributed by atoms with van der Waals surface area (Å²) < 4.78 is 0. The van der Waals surface area contributed by atoms with Crippen LogP contribution in [0.5, 0.6) is 0 Å². The fourth-order valence-electron chi connectivity index (χ4n) is 3.97. The van der Waals surface area contributed by atoms with Crippen LogP contribution in [0.1, 0.15) is 32.3 Å². The Kier molecular flexibility index (Phi) is 6.68. The van der Waals surface area contributed by atoms with Crippen LogP contribution in [-0.4, -0.2) is 60.4 Å². The molecule has 150 valence electrons. The molecule has 2 amide bonds. The lowest BCUT2D eigenvalue weighted by Gasteiger charge is -2.38. The number of carbonyl (C=O) groups is 2. The fourth-order valence-corrected chi connectivity index (χ4v) is 3.97. The van der Waals surface area contributed by atoms with Gasteiger partial charge < -0.3 is 15.1 Å². The van der Waals surface area contributed by atoms with Crippen LogP contribution in [0.3, 0.4) is 0 Å². The standard InChI is InChI=1S/C23H31N3O2/c1-17(2)26-13-11-20(12-14-26)25(3)23(28)16-24-22(27)15-19-9-6-8-18-7-4-5-10-21(18)19/h4-10,17,20H,11-16H2,1-3H3,(H,24,27). The molecule has 5 heteroatoms. The second-order valence-corrected chi connectivity index (χ2v) is 7.96. The average molecular weight is 382 g/mol. The molecule has 1 aliphatic heterocycles. The number of likely N-dealkylation sites (tertiary alicyclic amines) is 1. The van der Waals surface area contributed by atoms with Crippen molar-refractivity contribution in [2.75, 3.05) is 26.7 Å². The van der Waals surface area contributed by atoms with Crippen molar-refractivity contribution in [1.82, 2.24) is 15.1 Å². The van der Waals surface area contributed by atoms with E-state index >= 15 is 0 Å². The number of hydrogen-bond donors (Lipinski definition) is 1. The minimum Gasteiger partial charge on any atom is -0.347 e. The number of benzene rings is 2. The van der Waals surface area contributed by atoms with Crippen LogP contribution in [0.25, 0.3) is 10.8 Å². The highest BCUT2D eigenvalue weighted by Gasteiger charge is 2.26. The predicted molar refractivity (Wildman–Crippen MR) is 113 cm³/mol. The molecule has 2 aromatic rings. The van der Waals surface area contributed by atoms with E-state index in [1.54, 1.807) is 0 Å². The van der Waals surface area contributed by atoms with Crippen molar-refractivity contribution in [3.63, 3.8) is 0 Å². The van der Waals surface area contributed by atoms with Crippen molar-refractivity contribution < 1.29 is 9.59 Å². The van der Waals surface area contributed by atoms with Crippen LogP contribution >= 0.6 is 0 Å². The molecule has 0 aromatic heterocycles. The molecular formula is C23H31N3O2. The summed E-state index contributed by atoms with van der Waals surface area (Å²) in [5.74, 6) is -0.137. The largest absolute Gasteiger partial charge is 0.347 e. The van der Waals surface area contributed by atoms with Gasteiger partial charge in [-0.15, -0.1) is 0 Å². The van der Waals surface area contributed by atoms with Gasteiger partial charge in [-0.3, -0.25) is 9.59 Å². The maximum absolute atomic E-state index is 12.5. The maximum Gasteiger partial charge on any atom is 0.241 e. The molecule has 2 aromatic carbocycles. The normalized spacial score (nSPS) is 15.7. The number of carbonyl (C=O) groups excluding carboxylic acids is 2. The third-order valence-corrected chi connectivity index (χ3v) is 5.84. The Morgan fingerprint density at radius 1 is 1.11 bits per heavy atom. The lowest BCUT2D eigenvalue weighted by molar-refractivity contribution is -0.134. The van der Waals surface area contributed by atoms with Gasteiger partial charge in [-0.25, -0.2) is 0 Å². The Morgan fingerprint density at radius 3 is 2.50 bits per heavy atom. The fraction of sp³-hybridized carbons (Fsp3) is 0.478. The van der Waals surface area contributed by atoms with E-state index in [1.807, 2.05) is 54.4 Å². The van der Waals surface area contributed by atoms with Crippen molar-refractivity contribution in [3.8, 4) is 0 Å². The first-order valence-corrected chi connectivity index (χ1v) is 10.2. The van der Waals surface area contributed by atoms with E-state index in [0.717, 1.165) is 42.3 Å². The molecule has 28 heavy (non-hydrogen) atoms. The van der Waals surface area contributed by atoms with E-state index in [2.05, 4.69) is 24.1 Å². The first kappa shape index (κ1) is 20.3. The molecule has 1 N–H and O–H groups in total. The van der Waals surface area contributed by atoms with Gasteiger partial charge in [-0.1, -0.05) is 42.5 Å². The molecule has 0 atom stereocenters. The van der Waals surface area contributed by atoms with Gasteiger partial charge in [-0.05, 0) is 43.0 Å². The summed E-state index contributed by atoms with van der Waals surface area (Å²) in [4.78, 5) is 29.2. The second kappa shape index (κ2) is 9.20. The summed E-state index contributed by atoms with van der Waals surface area (Å²) in [5.41, 5.74) is 0.984. The smallest absolute Gasteiger partial charge is 0.241 e. The number of hydrogen-bond acceptors (Lipinski definition) is 3. The van der Waals surface area contributed by atoms with Gasteiger partial charge in [0.1, 0.15) is 0 Å². The first-order valence-electron chi connectivity index (χ1n) is 10.2. The summed E-state index contributed by atoms with van der Waals surface area (Å²) in [7, 11) is 1.86. The number of fused-ring (bicyclic) bond motifs is 1. The van der Waals surface area contributed by atoms with E-state index in [1.165, 1.54) is 0 Å². The van der Waals surface area contributed by atoms with Gasteiger partial charge in [0.15, 0.2) is 0 Å². The highest BCUT2D eigenvalue weighted by atomic mass is 16.2. The maximum atomic E-state index is 12.5. The lowest BCUT2D eigenvalue weighted by atomic mass is 10.0. The third kappa shape index (κ3) is 4.90. The molecule has 0 unspecified atom stereocenters. The van der Waals surface area contributed by atoms with E-state index in [9.17, 15) is 9.59 Å². The van der Waals surface area contributed by atoms with Crippen LogP contribution in [0.4, 0.5) is 0 Å². The number of nitrogens with one attached hydrogen (secondary N) is 1. The van der Waals surface area contributed by atoms with Crippen LogP contribution in [0.2, 0.25) is 0 Å². The van der Waals surface area contributed by atoms with Crippen LogP contribution in [0, 0.1) is 0 Å². The highest BCUT2D eigenvalue weighted by molar-refractivity contribution is 5.91. The quantitative estimate of drug-likeness (QED) is 0.837. The number of amides is 2. The van der Waals surface area contributed by atoms with E-state index in [-0.39, 0.29) is 30.8 Å². The van der Waals surface area contributed by atoms with E-state index in [0.29, 0.717) is 6.04 Å². The van der Waals surface area contributed by atoms with Crippen molar-refractivity contribution in [3.05, 3.63) is 48.0 Å². The van der Waals surface area contributed by atoms with Crippen LogP contribution in [0.15, 0.2) is 42.5 Å². The molecule has 1 fully saturated rings. The van der Waals surface area contributed by atoms with Crippen LogP contribution in [-0.2, 0) is 16.0 Å². The summed E-state index contributed by atoms with van der Waals surface area (Å²) in [6, 6.07) is 14.8. The van der Waals surface area contributed by atoms with Gasteiger partial charge >= 0.3 is 0 Å². The lowest BCUT2D eigenvalue weighted by Crippen LogP contribution is -2.49. The highest BCUT2D eigenvalue weighted by Crippen LogP contribution is 2.19. The molecule has 0 saturated carbocycles. The van der Waals surface area contributed by atoms with Gasteiger partial charge in [0, 0.05) is 32.2 Å². The number of rotatable bonds is 6. The molecule has 0 bridgehead atoms. The zero-order chi connectivity index (χ0) is 20.1. The molecule has 0 spiro atoms. The molecule has 1 heterocycles. The number of nitrogens with zero attached hydrogens (tertiary/aromatic N) is 2. The topological polar surface area (TPSA) is 52.6 Å². The molecular weight excluding hydrogens is 350 g/mol. The molecule has 1 aliphatic rings. The number of likely N-dealkylation sites (N-methyl/N-ethyl adjacent to an activating group) is 1. The first-order chi connectivity index (χ1) is 13.5. The molecule has 0 radical (unpaired) electrons. The molecule has 3 rings (SSSR count). The van der Waals surface area contributed by atoms with Crippen molar-refractivity contribution in [2.24, 2.45) is 0 Å². The average Bonchev–Trinajstić information content (AvgIpc) is 2.72. The minimum absolute atomic E-state index is 0.0192. The van der Waals surface area contributed by atoms with E-state index in [4.69, 9.17) is 0 Å². The SMILES string of the molecule is CC(C)N1CCC(N(C)C(=O)CNC(=O)Cc2cccc3ccccc23)CC1. The van der Waals surface area contributed by atoms with Crippen molar-refractivity contribution in [2.45, 2.75) is 45.2 Å². The van der Waals surface area contributed by atoms with Gasteiger partial charge in [0.25, 0.3) is 0 Å². The van der Waals surface area contributed by atoms with Crippen LogP contribution < -0.4 is 5.32 Å². The Hall–Kier alpha value is -2.40. The summed E-state index contributed by atoms with van der Waals surface area (Å²) in [6.45, 7) is 6.52. The van der Waals surface area contributed by atoms with Crippen molar-refractivity contribution in [1.29, 1.82) is 0 Å². The summed E-state index contributed by atoms with van der Waals surface area (Å²) >= 11 is 0. The Labute approximate surface area is 167 Å². The Bertz CT molecular complexity index is 820. The third-order valence-electron chi connectivity index (χ3n) is 5.84. The van der Waals surface area contributed by atoms with E-state index < -0.39 is 0 Å². The number of piperidine rings is 1. The minimum atomic E-state index is -0.118. The Balaban J connectivity index is 1.49. The molecule has 5 nitrogen and oxygen atoms in total. The Morgan fingerprint density at radius 2 is 1.79 bits per heavy atom.